The van der Waals surface area contributed by atoms with Crippen LogP contribution in [-0.2, 0) is 9.59 Å². The van der Waals surface area contributed by atoms with Gasteiger partial charge in [0.15, 0.2) is 0 Å². The number of benzene rings is 1. The fourth-order valence-electron chi connectivity index (χ4n) is 1.17. The predicted octanol–water partition coefficient (Wildman–Crippen LogP) is 1.54. The van der Waals surface area contributed by atoms with Crippen LogP contribution in [-0.4, -0.2) is 17.4 Å². The van der Waals surface area contributed by atoms with Crippen molar-refractivity contribution in [2.75, 3.05) is 5.75 Å². The van der Waals surface area contributed by atoms with Crippen LogP contribution in [0.3, 0.4) is 0 Å². The van der Waals surface area contributed by atoms with E-state index in [9.17, 15) is 9.59 Å². The van der Waals surface area contributed by atoms with Gasteiger partial charge >= 0.3 is 0 Å². The van der Waals surface area contributed by atoms with Crippen molar-refractivity contribution in [3.8, 4) is 0 Å². The maximum Gasteiger partial charge on any atom is 0.235 e. The van der Waals surface area contributed by atoms with Crippen LogP contribution in [0.2, 0.25) is 0 Å². The van der Waals surface area contributed by atoms with E-state index in [1.165, 1.54) is 18.7 Å². The van der Waals surface area contributed by atoms with Gasteiger partial charge in [-0.1, -0.05) is 30.3 Å². The highest BCUT2D eigenvalue weighted by Gasteiger charge is 2.18. The summed E-state index contributed by atoms with van der Waals surface area (Å²) in [6.45, 7) is 1.50. The Morgan fingerprint density at radius 1 is 1.33 bits per heavy atom. The Kier molecular flexibility index (Phi) is 4.37. The summed E-state index contributed by atoms with van der Waals surface area (Å²) < 4.78 is 0. The summed E-state index contributed by atoms with van der Waals surface area (Å²) in [5, 5.41) is -0.435. The molecule has 2 N–H and O–H groups in total. The molecule has 1 rings (SSSR count). The summed E-state index contributed by atoms with van der Waals surface area (Å²) in [6.07, 6.45) is 0. The number of hydrogen-bond acceptors (Lipinski definition) is 3. The molecule has 0 aromatic heterocycles. The maximum atomic E-state index is 11.2. The van der Waals surface area contributed by atoms with Crippen molar-refractivity contribution >= 4 is 23.5 Å². The van der Waals surface area contributed by atoms with E-state index in [1.54, 1.807) is 0 Å². The lowest BCUT2D eigenvalue weighted by Crippen LogP contribution is -2.20. The largest absolute Gasteiger partial charge is 0.368 e. The van der Waals surface area contributed by atoms with Crippen molar-refractivity contribution < 1.29 is 9.59 Å². The zero-order chi connectivity index (χ0) is 11.3. The van der Waals surface area contributed by atoms with Gasteiger partial charge in [0, 0.05) is 0 Å². The number of hydrogen-bond donors (Lipinski definition) is 1. The van der Waals surface area contributed by atoms with Gasteiger partial charge in [0.1, 0.15) is 11.0 Å². The van der Waals surface area contributed by atoms with E-state index < -0.39 is 11.2 Å². The van der Waals surface area contributed by atoms with E-state index in [1.807, 2.05) is 30.3 Å². The molecule has 0 heterocycles. The predicted molar refractivity (Wildman–Crippen MR) is 61.5 cm³/mol. The van der Waals surface area contributed by atoms with Crippen LogP contribution in [0.15, 0.2) is 30.3 Å². The van der Waals surface area contributed by atoms with Crippen LogP contribution in [0.5, 0.6) is 0 Å². The normalized spacial score (nSPS) is 12.1. The lowest BCUT2D eigenvalue weighted by atomic mass is 10.1. The van der Waals surface area contributed by atoms with E-state index in [0.717, 1.165) is 5.56 Å². The second kappa shape index (κ2) is 5.56. The standard InChI is InChI=1S/C11H13NO2S/c1-8(13)7-15-10(11(12)14)9-5-3-2-4-6-9/h2-6,10H,7H2,1H3,(H2,12,14). The third kappa shape index (κ3) is 3.75. The number of carbonyl (C=O) groups excluding carboxylic acids is 2. The second-order valence-corrected chi connectivity index (χ2v) is 4.30. The van der Waals surface area contributed by atoms with Gasteiger partial charge in [0.05, 0.1) is 5.75 Å². The highest BCUT2D eigenvalue weighted by Crippen LogP contribution is 2.27. The molecule has 1 amide bonds. The van der Waals surface area contributed by atoms with Crippen LogP contribution in [0.4, 0.5) is 0 Å². The molecule has 1 aromatic carbocycles. The Balaban J connectivity index is 2.75. The first-order valence-corrected chi connectivity index (χ1v) is 5.61. The Morgan fingerprint density at radius 3 is 2.40 bits per heavy atom. The molecule has 0 spiro atoms. The number of amides is 1. The molecule has 4 heteroatoms. The summed E-state index contributed by atoms with van der Waals surface area (Å²) in [4.78, 5) is 22.0. The van der Waals surface area contributed by atoms with Gasteiger partial charge < -0.3 is 5.73 Å². The quantitative estimate of drug-likeness (QED) is 0.823. The average Bonchev–Trinajstić information content (AvgIpc) is 2.18. The van der Waals surface area contributed by atoms with Gasteiger partial charge in [0.2, 0.25) is 5.91 Å². The van der Waals surface area contributed by atoms with Gasteiger partial charge in [-0.2, -0.15) is 0 Å². The van der Waals surface area contributed by atoms with Crippen molar-refractivity contribution in [1.82, 2.24) is 0 Å². The Bertz CT molecular complexity index is 351. The topological polar surface area (TPSA) is 60.2 Å². The fraction of sp³-hybridized carbons (Fsp3) is 0.273. The maximum absolute atomic E-state index is 11.2. The van der Waals surface area contributed by atoms with E-state index in [4.69, 9.17) is 5.73 Å². The Hall–Kier alpha value is -1.29. The number of thioether (sulfide) groups is 1. The number of carbonyl (C=O) groups is 2. The van der Waals surface area contributed by atoms with Crippen LogP contribution in [0.1, 0.15) is 17.7 Å². The smallest absolute Gasteiger partial charge is 0.235 e. The number of Topliss-reactive ketones (excluding diaryl/α,β-unsaturated/α-hetero) is 1. The Morgan fingerprint density at radius 2 is 1.93 bits per heavy atom. The fourth-order valence-corrected chi connectivity index (χ4v) is 2.09. The van der Waals surface area contributed by atoms with Gasteiger partial charge in [-0.25, -0.2) is 0 Å². The molecule has 0 aliphatic carbocycles. The van der Waals surface area contributed by atoms with Gasteiger partial charge in [-0.05, 0) is 12.5 Å². The zero-order valence-corrected chi connectivity index (χ0v) is 9.29. The molecule has 80 valence electrons. The van der Waals surface area contributed by atoms with Crippen molar-refractivity contribution in [3.05, 3.63) is 35.9 Å². The molecule has 0 aliphatic rings. The molecule has 1 aromatic rings. The molecular weight excluding hydrogens is 210 g/mol. The van der Waals surface area contributed by atoms with Crippen LogP contribution in [0.25, 0.3) is 0 Å². The van der Waals surface area contributed by atoms with Gasteiger partial charge in [-0.3, -0.25) is 9.59 Å². The molecular formula is C11H13NO2S. The summed E-state index contributed by atoms with van der Waals surface area (Å²) >= 11 is 1.27. The molecule has 0 aliphatic heterocycles. The number of primary amides is 1. The van der Waals surface area contributed by atoms with Crippen molar-refractivity contribution in [2.45, 2.75) is 12.2 Å². The molecule has 0 fully saturated rings. The minimum atomic E-state index is -0.435. The first kappa shape index (κ1) is 11.8. The first-order chi connectivity index (χ1) is 7.11. The lowest BCUT2D eigenvalue weighted by Gasteiger charge is -2.11. The second-order valence-electron chi connectivity index (χ2n) is 3.21. The molecule has 0 saturated heterocycles. The summed E-state index contributed by atoms with van der Waals surface area (Å²) in [7, 11) is 0. The third-order valence-electron chi connectivity index (χ3n) is 1.81. The van der Waals surface area contributed by atoms with Crippen molar-refractivity contribution in [3.63, 3.8) is 0 Å². The number of nitrogens with two attached hydrogens (primary N) is 1. The Labute approximate surface area is 93.0 Å². The molecule has 3 nitrogen and oxygen atoms in total. The van der Waals surface area contributed by atoms with Gasteiger partial charge in [-0.15, -0.1) is 11.8 Å². The molecule has 15 heavy (non-hydrogen) atoms. The molecule has 1 unspecified atom stereocenters. The summed E-state index contributed by atoms with van der Waals surface area (Å²) in [5.74, 6) is -0.0580. The van der Waals surface area contributed by atoms with E-state index in [2.05, 4.69) is 0 Å². The molecule has 0 radical (unpaired) electrons. The van der Waals surface area contributed by atoms with E-state index >= 15 is 0 Å². The zero-order valence-electron chi connectivity index (χ0n) is 8.47. The van der Waals surface area contributed by atoms with Crippen LogP contribution >= 0.6 is 11.8 Å². The first-order valence-electron chi connectivity index (χ1n) is 4.56. The molecule has 1 atom stereocenters. The van der Waals surface area contributed by atoms with E-state index in [0.29, 0.717) is 5.75 Å². The number of ketones is 1. The SMILES string of the molecule is CC(=O)CSC(C(N)=O)c1ccccc1. The molecule has 0 saturated carbocycles. The van der Waals surface area contributed by atoms with Crippen molar-refractivity contribution in [2.24, 2.45) is 5.73 Å². The third-order valence-corrected chi connectivity index (χ3v) is 3.22. The van der Waals surface area contributed by atoms with Crippen LogP contribution in [0, 0.1) is 0 Å². The average molecular weight is 223 g/mol. The highest BCUT2D eigenvalue weighted by molar-refractivity contribution is 8.00. The monoisotopic (exact) mass is 223 g/mol. The molecule has 0 bridgehead atoms. The van der Waals surface area contributed by atoms with Gasteiger partial charge in [0.25, 0.3) is 0 Å². The lowest BCUT2D eigenvalue weighted by molar-refractivity contribution is -0.117. The minimum Gasteiger partial charge on any atom is -0.368 e. The minimum absolute atomic E-state index is 0.0437. The highest BCUT2D eigenvalue weighted by atomic mass is 32.2. The van der Waals surface area contributed by atoms with Crippen LogP contribution < -0.4 is 5.73 Å². The van der Waals surface area contributed by atoms with E-state index in [-0.39, 0.29) is 5.78 Å². The summed E-state index contributed by atoms with van der Waals surface area (Å²) in [6, 6.07) is 9.24. The van der Waals surface area contributed by atoms with Crippen molar-refractivity contribution in [1.29, 1.82) is 0 Å². The summed E-state index contributed by atoms with van der Waals surface area (Å²) in [5.41, 5.74) is 6.13. The number of rotatable bonds is 5.